The first kappa shape index (κ1) is 19.1. The highest BCUT2D eigenvalue weighted by Gasteiger charge is 2.16. The van der Waals surface area contributed by atoms with Gasteiger partial charge in [0, 0.05) is 24.2 Å². The zero-order valence-electron chi connectivity index (χ0n) is 15.2. The van der Waals surface area contributed by atoms with E-state index in [2.05, 4.69) is 25.2 Å². The maximum atomic E-state index is 12.1. The number of carbonyl (C=O) groups excluding carboxylic acids is 1. The van der Waals surface area contributed by atoms with Gasteiger partial charge >= 0.3 is 6.01 Å². The van der Waals surface area contributed by atoms with E-state index in [1.165, 1.54) is 19.6 Å². The van der Waals surface area contributed by atoms with Gasteiger partial charge in [-0.05, 0) is 37.0 Å². The number of hydrogen-bond acceptors (Lipinski definition) is 6. The van der Waals surface area contributed by atoms with Crippen LogP contribution in [0.3, 0.4) is 0 Å². The molecule has 2 aromatic rings. The van der Waals surface area contributed by atoms with E-state index in [1.807, 2.05) is 18.2 Å². The van der Waals surface area contributed by atoms with Crippen molar-refractivity contribution in [3.05, 3.63) is 46.8 Å². The first-order chi connectivity index (χ1) is 13.2. The summed E-state index contributed by atoms with van der Waals surface area (Å²) in [5, 5.41) is 3.37. The Kier molecular flexibility index (Phi) is 6.59. The van der Waals surface area contributed by atoms with Gasteiger partial charge in [-0.3, -0.25) is 4.79 Å². The van der Waals surface area contributed by atoms with Crippen LogP contribution in [0.2, 0.25) is 5.02 Å². The molecular formula is C19H22ClN5O2. The number of nitrogens with one attached hydrogen (secondary N) is 1. The summed E-state index contributed by atoms with van der Waals surface area (Å²) in [6.45, 7) is 2.02. The van der Waals surface area contributed by atoms with Crippen molar-refractivity contribution in [3.8, 4) is 6.01 Å². The largest absolute Gasteiger partial charge is 0.467 e. The molecule has 0 unspecified atom stereocenters. The second kappa shape index (κ2) is 9.32. The van der Waals surface area contributed by atoms with Crippen LogP contribution in [0.4, 0.5) is 5.95 Å². The molecule has 1 aromatic carbocycles. The molecule has 1 fully saturated rings. The number of aromatic nitrogens is 3. The van der Waals surface area contributed by atoms with Crippen molar-refractivity contribution in [2.75, 3.05) is 25.1 Å². The van der Waals surface area contributed by atoms with Crippen molar-refractivity contribution >= 4 is 29.5 Å². The molecule has 0 bridgehead atoms. The third kappa shape index (κ3) is 5.40. The molecule has 7 nitrogen and oxygen atoms in total. The molecule has 1 aromatic heterocycles. The van der Waals surface area contributed by atoms with Gasteiger partial charge in [0.05, 0.1) is 13.7 Å². The van der Waals surface area contributed by atoms with Crippen LogP contribution in [-0.4, -0.2) is 41.1 Å². The van der Waals surface area contributed by atoms with E-state index in [0.29, 0.717) is 16.8 Å². The van der Waals surface area contributed by atoms with Gasteiger partial charge in [0.25, 0.3) is 0 Å². The summed E-state index contributed by atoms with van der Waals surface area (Å²) in [6.07, 6.45) is 6.56. The zero-order valence-corrected chi connectivity index (χ0v) is 15.9. The Labute approximate surface area is 163 Å². The fourth-order valence-corrected chi connectivity index (χ4v) is 2.99. The fourth-order valence-electron chi connectivity index (χ4n) is 2.79. The van der Waals surface area contributed by atoms with Crippen LogP contribution in [0.1, 0.15) is 30.7 Å². The van der Waals surface area contributed by atoms with Crippen molar-refractivity contribution in [3.63, 3.8) is 0 Å². The van der Waals surface area contributed by atoms with Gasteiger partial charge in [-0.15, -0.1) is 0 Å². The van der Waals surface area contributed by atoms with E-state index in [1.54, 1.807) is 12.1 Å². The molecule has 1 N–H and O–H groups in total. The minimum atomic E-state index is -0.256. The van der Waals surface area contributed by atoms with Gasteiger partial charge in [0.15, 0.2) is 5.82 Å². The monoisotopic (exact) mass is 387 g/mol. The maximum absolute atomic E-state index is 12.1. The van der Waals surface area contributed by atoms with Gasteiger partial charge in [0.1, 0.15) is 0 Å². The number of hydrogen-bond donors (Lipinski definition) is 1. The Morgan fingerprint density at radius 2 is 2.00 bits per heavy atom. The number of piperidine rings is 1. The quantitative estimate of drug-likeness (QED) is 0.768. The van der Waals surface area contributed by atoms with E-state index in [-0.39, 0.29) is 18.5 Å². The average Bonchev–Trinajstić information content (AvgIpc) is 2.72. The summed E-state index contributed by atoms with van der Waals surface area (Å²) >= 11 is 6.08. The van der Waals surface area contributed by atoms with Crippen LogP contribution >= 0.6 is 11.6 Å². The molecule has 1 saturated heterocycles. The molecule has 27 heavy (non-hydrogen) atoms. The molecule has 1 aliphatic heterocycles. The maximum Gasteiger partial charge on any atom is 0.321 e. The van der Waals surface area contributed by atoms with E-state index in [9.17, 15) is 4.79 Å². The summed E-state index contributed by atoms with van der Waals surface area (Å²) in [4.78, 5) is 27.2. The summed E-state index contributed by atoms with van der Waals surface area (Å²) in [5.74, 6) is 0.799. The molecule has 0 spiro atoms. The summed E-state index contributed by atoms with van der Waals surface area (Å²) < 4.78 is 5.18. The van der Waals surface area contributed by atoms with Crippen molar-refractivity contribution in [2.24, 2.45) is 0 Å². The van der Waals surface area contributed by atoms with E-state index in [4.69, 9.17) is 16.3 Å². The second-order valence-electron chi connectivity index (χ2n) is 6.16. The number of rotatable bonds is 6. The molecule has 2 heterocycles. The lowest BCUT2D eigenvalue weighted by molar-refractivity contribution is -0.116. The Hall–Kier alpha value is -2.67. The Morgan fingerprint density at radius 1 is 1.22 bits per heavy atom. The van der Waals surface area contributed by atoms with E-state index < -0.39 is 0 Å². The highest BCUT2D eigenvalue weighted by atomic mass is 35.5. The molecule has 142 valence electrons. The Morgan fingerprint density at radius 3 is 2.74 bits per heavy atom. The normalized spacial score (nSPS) is 14.4. The molecule has 1 aliphatic rings. The summed E-state index contributed by atoms with van der Waals surface area (Å²) in [5.41, 5.74) is 0.781. The highest BCUT2D eigenvalue weighted by Crippen LogP contribution is 2.18. The third-order valence-electron chi connectivity index (χ3n) is 4.21. The Bertz CT molecular complexity index is 821. The van der Waals surface area contributed by atoms with Crippen LogP contribution in [0.25, 0.3) is 6.08 Å². The molecule has 8 heteroatoms. The molecular weight excluding hydrogens is 366 g/mol. The zero-order chi connectivity index (χ0) is 19.1. The lowest BCUT2D eigenvalue weighted by Crippen LogP contribution is -2.32. The van der Waals surface area contributed by atoms with Gasteiger partial charge in [-0.25, -0.2) is 0 Å². The number of carbonyl (C=O) groups is 1. The van der Waals surface area contributed by atoms with Crippen LogP contribution in [-0.2, 0) is 11.3 Å². The van der Waals surface area contributed by atoms with Gasteiger partial charge < -0.3 is 15.0 Å². The predicted molar refractivity (Wildman–Crippen MR) is 105 cm³/mol. The number of methoxy groups -OCH3 is 1. The molecule has 0 saturated carbocycles. The summed E-state index contributed by atoms with van der Waals surface area (Å²) in [7, 11) is 1.52. The molecule has 0 atom stereocenters. The van der Waals surface area contributed by atoms with Gasteiger partial charge in [-0.1, -0.05) is 29.8 Å². The number of halogens is 1. The fraction of sp³-hybridized carbons (Fsp3) is 0.368. The SMILES string of the molecule is COc1nc(CNC(=O)/C=C/c2ccccc2Cl)nc(N2CCCCC2)n1. The van der Waals surface area contributed by atoms with Crippen LogP contribution in [0.15, 0.2) is 30.3 Å². The first-order valence-corrected chi connectivity index (χ1v) is 9.28. The number of ether oxygens (including phenoxy) is 1. The second-order valence-corrected chi connectivity index (χ2v) is 6.57. The number of amides is 1. The van der Waals surface area contributed by atoms with Crippen LogP contribution in [0.5, 0.6) is 6.01 Å². The lowest BCUT2D eigenvalue weighted by atomic mass is 10.1. The summed E-state index contributed by atoms with van der Waals surface area (Å²) in [6, 6.07) is 7.57. The molecule has 3 rings (SSSR count). The first-order valence-electron chi connectivity index (χ1n) is 8.90. The smallest absolute Gasteiger partial charge is 0.321 e. The van der Waals surface area contributed by atoms with Crippen molar-refractivity contribution in [1.82, 2.24) is 20.3 Å². The standard InChI is InChI=1S/C19H22ClN5O2/c1-27-19-23-16(22-18(24-19)25-11-5-2-6-12-25)13-21-17(26)10-9-14-7-3-4-8-15(14)20/h3-4,7-10H,2,5-6,11-13H2,1H3,(H,21,26)/b10-9+. The predicted octanol–water partition coefficient (Wildman–Crippen LogP) is 2.85. The van der Waals surface area contributed by atoms with E-state index >= 15 is 0 Å². The highest BCUT2D eigenvalue weighted by molar-refractivity contribution is 6.32. The topological polar surface area (TPSA) is 80.2 Å². The van der Waals surface area contributed by atoms with Gasteiger partial charge in [-0.2, -0.15) is 15.0 Å². The van der Waals surface area contributed by atoms with E-state index in [0.717, 1.165) is 31.5 Å². The third-order valence-corrected chi connectivity index (χ3v) is 4.56. The van der Waals surface area contributed by atoms with Gasteiger partial charge in [0.2, 0.25) is 11.9 Å². The number of nitrogens with zero attached hydrogens (tertiary/aromatic N) is 4. The van der Waals surface area contributed by atoms with Crippen LogP contribution < -0.4 is 15.0 Å². The number of anilines is 1. The molecule has 0 aliphatic carbocycles. The van der Waals surface area contributed by atoms with Crippen molar-refractivity contribution in [1.29, 1.82) is 0 Å². The van der Waals surface area contributed by atoms with Crippen molar-refractivity contribution in [2.45, 2.75) is 25.8 Å². The lowest BCUT2D eigenvalue weighted by Gasteiger charge is -2.26. The number of benzene rings is 1. The minimum Gasteiger partial charge on any atom is -0.467 e. The molecule has 0 radical (unpaired) electrons. The average molecular weight is 388 g/mol. The van der Waals surface area contributed by atoms with Crippen LogP contribution in [0, 0.1) is 0 Å². The van der Waals surface area contributed by atoms with Crippen molar-refractivity contribution < 1.29 is 9.53 Å². The minimum absolute atomic E-state index is 0.186. The Balaban J connectivity index is 1.64. The molecule has 1 amide bonds.